The monoisotopic (exact) mass is 1130 g/mol. The van der Waals surface area contributed by atoms with Crippen molar-refractivity contribution in [1.29, 1.82) is 0 Å². The molecule has 0 unspecified atom stereocenters. The van der Waals surface area contributed by atoms with Crippen LogP contribution in [0.15, 0.2) is 170 Å². The average molecular weight is 1130 g/mol. The highest BCUT2D eigenvalue weighted by atomic mass is 16.6. The lowest BCUT2D eigenvalue weighted by molar-refractivity contribution is -0.140. The molecule has 0 atom stereocenters. The summed E-state index contributed by atoms with van der Waals surface area (Å²) in [7, 11) is 4.98. The Labute approximate surface area is 483 Å². The van der Waals surface area contributed by atoms with Crippen LogP contribution < -0.4 is 18.9 Å². The first-order valence-electron chi connectivity index (χ1n) is 26.6. The normalized spacial score (nSPS) is 11.5. The summed E-state index contributed by atoms with van der Waals surface area (Å²) in [6.45, 7) is 0. The van der Waals surface area contributed by atoms with Gasteiger partial charge < -0.3 is 37.9 Å². The van der Waals surface area contributed by atoms with Crippen molar-refractivity contribution in [2.75, 3.05) is 28.4 Å². The van der Waals surface area contributed by atoms with E-state index in [2.05, 4.69) is 0 Å². The quantitative estimate of drug-likeness (QED) is 0.0500. The van der Waals surface area contributed by atoms with Crippen LogP contribution in [0.2, 0.25) is 0 Å². The molecule has 0 fully saturated rings. The molecule has 0 spiro atoms. The average Bonchev–Trinajstić information content (AvgIpc) is 2.17. The molecule has 8 aromatic carbocycles. The Morgan fingerprint density at radius 3 is 0.595 bits per heavy atom. The molecule has 0 aromatic heterocycles. The zero-order chi connectivity index (χ0) is 59.3. The van der Waals surface area contributed by atoms with E-state index in [1.807, 2.05) is 0 Å². The standard InChI is InChI=1S/C68H56O16/c1-77-57(69)33-41-25-49-37-51-27-42(34-58(70)78-2)29-53(62(51)82-66(74)46-19-11-6-12-20-46)39-55-31-44(36-60(72)80-4)32-56(64(55)84-68(76)48-23-15-8-16-24-48)40-54-30-43(35-59(71)79-3)28-52(63(54)83-67(75)47-21-13-7-14-22-47)38-50(26-41)61(49)81-65(73)45-17-9-5-10-18-45/h5-32H,33-40H2,1-4H3. The van der Waals surface area contributed by atoms with E-state index in [-0.39, 0.29) is 141 Å². The number of rotatable bonds is 16. The summed E-state index contributed by atoms with van der Waals surface area (Å²) < 4.78 is 46.7. The third-order valence-corrected chi connectivity index (χ3v) is 13.9. The minimum absolute atomic E-state index is 0.0119. The SMILES string of the molecule is COC(=O)Cc1cc2c(OC(=O)c3ccccc3)c(c1)Cc1cc(CC(=O)OC)cc(c1OC(=O)c1ccccc1)Cc1cc(CC(=O)OC)cc(c1OC(=O)c1ccccc1)Cc1cc(CC(=O)OC)cc(c1OC(=O)c1ccccc1)C2. The molecule has 16 heteroatoms. The summed E-state index contributed by atoms with van der Waals surface area (Å²) in [5.41, 5.74) is 4.62. The molecule has 0 amide bonds. The number of methoxy groups -OCH3 is 4. The molecule has 84 heavy (non-hydrogen) atoms. The molecule has 424 valence electrons. The number of esters is 8. The minimum atomic E-state index is -0.765. The van der Waals surface area contributed by atoms with Gasteiger partial charge in [-0.15, -0.1) is 0 Å². The first kappa shape index (κ1) is 58.2. The van der Waals surface area contributed by atoms with Crippen LogP contribution in [0.3, 0.4) is 0 Å². The van der Waals surface area contributed by atoms with Gasteiger partial charge in [0.1, 0.15) is 23.0 Å². The molecular weight excluding hydrogens is 1070 g/mol. The highest BCUT2D eigenvalue weighted by molar-refractivity contribution is 5.94. The molecule has 8 aromatic rings. The highest BCUT2D eigenvalue weighted by Crippen LogP contribution is 2.42. The van der Waals surface area contributed by atoms with Gasteiger partial charge in [0.25, 0.3) is 0 Å². The molecule has 1 aliphatic carbocycles. The Kier molecular flexibility index (Phi) is 18.6. The van der Waals surface area contributed by atoms with Crippen LogP contribution in [0.5, 0.6) is 23.0 Å². The van der Waals surface area contributed by atoms with Gasteiger partial charge in [-0.25, -0.2) is 19.2 Å². The maximum atomic E-state index is 14.5. The van der Waals surface area contributed by atoms with Gasteiger partial charge >= 0.3 is 47.8 Å². The van der Waals surface area contributed by atoms with Crippen molar-refractivity contribution in [2.24, 2.45) is 0 Å². The lowest BCUT2D eigenvalue weighted by Crippen LogP contribution is -2.17. The van der Waals surface area contributed by atoms with Crippen LogP contribution in [-0.4, -0.2) is 76.2 Å². The molecule has 0 aliphatic heterocycles. The Morgan fingerprint density at radius 1 is 0.274 bits per heavy atom. The number of benzene rings is 8. The lowest BCUT2D eigenvalue weighted by Gasteiger charge is -2.24. The second kappa shape index (κ2) is 26.9. The Balaban J connectivity index is 1.42. The fraction of sp³-hybridized carbons (Fsp3) is 0.176. The molecular formula is C68H56O16. The number of hydrogen-bond acceptors (Lipinski definition) is 16. The van der Waals surface area contributed by atoms with Crippen LogP contribution >= 0.6 is 0 Å². The first-order chi connectivity index (χ1) is 40.7. The molecule has 0 heterocycles. The van der Waals surface area contributed by atoms with Gasteiger partial charge in [0.15, 0.2) is 0 Å². The second-order valence-electron chi connectivity index (χ2n) is 19.7. The first-order valence-corrected chi connectivity index (χ1v) is 26.6. The number of fused-ring (bicyclic) bond motifs is 8. The summed E-state index contributed by atoms with van der Waals surface area (Å²) in [5.74, 6) is -5.46. The van der Waals surface area contributed by atoms with Gasteiger partial charge in [-0.3, -0.25) is 19.2 Å². The van der Waals surface area contributed by atoms with E-state index in [9.17, 15) is 38.4 Å². The van der Waals surface area contributed by atoms with Crippen LogP contribution in [0.1, 0.15) is 108 Å². The van der Waals surface area contributed by atoms with Crippen LogP contribution in [0.25, 0.3) is 0 Å². The maximum Gasteiger partial charge on any atom is 0.343 e. The Morgan fingerprint density at radius 2 is 0.440 bits per heavy atom. The van der Waals surface area contributed by atoms with Crippen LogP contribution in [0.4, 0.5) is 0 Å². The van der Waals surface area contributed by atoms with E-state index < -0.39 is 47.8 Å². The fourth-order valence-electron chi connectivity index (χ4n) is 9.97. The van der Waals surface area contributed by atoms with Crippen molar-refractivity contribution in [1.82, 2.24) is 0 Å². The third-order valence-electron chi connectivity index (χ3n) is 13.9. The van der Waals surface area contributed by atoms with Gasteiger partial charge in [0.2, 0.25) is 0 Å². The Hall–Kier alpha value is -10.5. The summed E-state index contributed by atoms with van der Waals surface area (Å²) >= 11 is 0. The van der Waals surface area contributed by atoms with Gasteiger partial charge in [-0.05, 0) is 70.8 Å². The van der Waals surface area contributed by atoms with Crippen LogP contribution in [-0.2, 0) is 89.5 Å². The van der Waals surface area contributed by atoms with Gasteiger partial charge in [-0.1, -0.05) is 121 Å². The van der Waals surface area contributed by atoms with E-state index in [1.165, 1.54) is 28.4 Å². The summed E-state index contributed by atoms with van der Waals surface area (Å²) in [4.78, 5) is 111. The molecule has 0 saturated carbocycles. The third kappa shape index (κ3) is 14.3. The van der Waals surface area contributed by atoms with Gasteiger partial charge in [-0.2, -0.15) is 0 Å². The Bertz CT molecular complexity index is 3220. The second-order valence-corrected chi connectivity index (χ2v) is 19.7. The van der Waals surface area contributed by atoms with Crippen molar-refractivity contribution < 1.29 is 76.3 Å². The zero-order valence-corrected chi connectivity index (χ0v) is 46.4. The number of carbonyl (C=O) groups excluding carboxylic acids is 8. The molecule has 16 nitrogen and oxygen atoms in total. The van der Waals surface area contributed by atoms with E-state index in [0.29, 0.717) is 22.3 Å². The predicted molar refractivity (Wildman–Crippen MR) is 305 cm³/mol. The number of ether oxygens (including phenoxy) is 8. The zero-order valence-electron chi connectivity index (χ0n) is 46.4. The van der Waals surface area contributed by atoms with Gasteiger partial charge in [0, 0.05) is 70.2 Å². The fourth-order valence-corrected chi connectivity index (χ4v) is 9.97. The summed E-state index contributed by atoms with van der Waals surface area (Å²) in [5, 5.41) is 0. The lowest BCUT2D eigenvalue weighted by atomic mass is 9.87. The van der Waals surface area contributed by atoms with Crippen molar-refractivity contribution in [2.45, 2.75) is 51.4 Å². The molecule has 0 radical (unpaired) electrons. The molecule has 0 saturated heterocycles. The van der Waals surface area contributed by atoms with E-state index in [4.69, 9.17) is 37.9 Å². The number of carbonyl (C=O) groups is 8. The summed E-state index contributed by atoms with van der Waals surface area (Å²) in [6.07, 6.45) is -1.96. The molecule has 1 aliphatic rings. The topological polar surface area (TPSA) is 210 Å². The van der Waals surface area contributed by atoms with E-state index in [0.717, 1.165) is 0 Å². The highest BCUT2D eigenvalue weighted by Gasteiger charge is 2.29. The minimum Gasteiger partial charge on any atom is -0.469 e. The maximum absolute atomic E-state index is 14.5. The van der Waals surface area contributed by atoms with Crippen molar-refractivity contribution in [3.8, 4) is 23.0 Å². The largest absolute Gasteiger partial charge is 0.469 e. The van der Waals surface area contributed by atoms with Crippen molar-refractivity contribution in [3.63, 3.8) is 0 Å². The van der Waals surface area contributed by atoms with Gasteiger partial charge in [0.05, 0.1) is 76.4 Å². The van der Waals surface area contributed by atoms with Crippen molar-refractivity contribution >= 4 is 47.8 Å². The smallest absolute Gasteiger partial charge is 0.343 e. The molecule has 8 bridgehead atoms. The van der Waals surface area contributed by atoms with E-state index >= 15 is 0 Å². The van der Waals surface area contributed by atoms with Crippen molar-refractivity contribution in [3.05, 3.63) is 259 Å². The molecule has 0 N–H and O–H groups in total. The summed E-state index contributed by atoms with van der Waals surface area (Å²) in [6, 6.07) is 46.3. The molecule has 9 rings (SSSR count). The van der Waals surface area contributed by atoms with Crippen LogP contribution in [0, 0.1) is 0 Å². The predicted octanol–water partition coefficient (Wildman–Crippen LogP) is 10.1. The van der Waals surface area contributed by atoms with E-state index in [1.54, 1.807) is 170 Å². The number of hydrogen-bond donors (Lipinski definition) is 0.